The van der Waals surface area contributed by atoms with E-state index in [1.54, 1.807) is 4.90 Å². The van der Waals surface area contributed by atoms with E-state index in [0.717, 1.165) is 23.8 Å². The van der Waals surface area contributed by atoms with Crippen molar-refractivity contribution in [3.63, 3.8) is 0 Å². The summed E-state index contributed by atoms with van der Waals surface area (Å²) in [7, 11) is 0. The van der Waals surface area contributed by atoms with Gasteiger partial charge in [0.15, 0.2) is 5.76 Å². The van der Waals surface area contributed by atoms with Gasteiger partial charge in [-0.1, -0.05) is 24.6 Å². The number of carboxylic acid groups (broad SMARTS) is 1. The summed E-state index contributed by atoms with van der Waals surface area (Å²) in [5, 5.41) is 17.6. The first-order valence-corrected chi connectivity index (χ1v) is 9.13. The van der Waals surface area contributed by atoms with E-state index in [2.05, 4.69) is 10.2 Å². The first-order chi connectivity index (χ1) is 13.1. The lowest BCUT2D eigenvalue weighted by Crippen LogP contribution is -2.37. The molecule has 1 saturated heterocycles. The highest BCUT2D eigenvalue weighted by Gasteiger charge is 2.56. The molecule has 2 aliphatic rings. The number of aliphatic carboxylic acids is 1. The van der Waals surface area contributed by atoms with Gasteiger partial charge in [0.2, 0.25) is 0 Å². The van der Waals surface area contributed by atoms with Gasteiger partial charge in [-0.25, -0.2) is 0 Å². The van der Waals surface area contributed by atoms with Crippen LogP contribution in [0.25, 0.3) is 22.4 Å². The number of aromatic nitrogens is 2. The molecule has 7 heteroatoms. The van der Waals surface area contributed by atoms with E-state index in [1.807, 2.05) is 30.3 Å². The van der Waals surface area contributed by atoms with Crippen LogP contribution in [0.2, 0.25) is 0 Å². The number of carboxylic acids is 1. The lowest BCUT2D eigenvalue weighted by molar-refractivity contribution is -0.149. The molecule has 1 aromatic carbocycles. The van der Waals surface area contributed by atoms with Gasteiger partial charge in [-0.05, 0) is 30.9 Å². The van der Waals surface area contributed by atoms with Gasteiger partial charge in [0, 0.05) is 18.5 Å². The summed E-state index contributed by atoms with van der Waals surface area (Å²) in [6, 6.07) is 9.50. The molecule has 2 N–H and O–H groups in total. The number of para-hydroxylation sites is 1. The lowest BCUT2D eigenvalue weighted by Gasteiger charge is -2.23. The van der Waals surface area contributed by atoms with Crippen molar-refractivity contribution in [3.8, 4) is 11.5 Å². The van der Waals surface area contributed by atoms with Crippen molar-refractivity contribution in [1.82, 2.24) is 15.1 Å². The third-order valence-corrected chi connectivity index (χ3v) is 6.13. The van der Waals surface area contributed by atoms with E-state index < -0.39 is 11.4 Å². The van der Waals surface area contributed by atoms with Gasteiger partial charge in [-0.15, -0.1) is 0 Å². The monoisotopic (exact) mass is 365 g/mol. The Bertz CT molecular complexity index is 1020. The molecule has 2 fully saturated rings. The summed E-state index contributed by atoms with van der Waals surface area (Å²) in [5.74, 6) is -0.413. The Hall–Kier alpha value is -3.09. The van der Waals surface area contributed by atoms with Crippen molar-refractivity contribution in [3.05, 3.63) is 42.1 Å². The molecule has 0 radical (unpaired) electrons. The maximum atomic E-state index is 13.1. The Morgan fingerprint density at radius 3 is 2.96 bits per heavy atom. The van der Waals surface area contributed by atoms with Crippen LogP contribution in [0.5, 0.6) is 0 Å². The van der Waals surface area contributed by atoms with Crippen molar-refractivity contribution in [1.29, 1.82) is 0 Å². The van der Waals surface area contributed by atoms with Crippen molar-refractivity contribution in [2.45, 2.75) is 19.3 Å². The van der Waals surface area contributed by atoms with Crippen LogP contribution >= 0.6 is 0 Å². The van der Waals surface area contributed by atoms with Crippen molar-refractivity contribution in [2.75, 3.05) is 13.1 Å². The number of likely N-dealkylation sites (tertiary alicyclic amines) is 1. The molecule has 5 rings (SSSR count). The fourth-order valence-corrected chi connectivity index (χ4v) is 4.71. The van der Waals surface area contributed by atoms with Crippen LogP contribution in [0.3, 0.4) is 0 Å². The van der Waals surface area contributed by atoms with E-state index >= 15 is 0 Å². The molecule has 3 aromatic rings. The quantitative estimate of drug-likeness (QED) is 0.743. The molecule has 1 aliphatic heterocycles. The Morgan fingerprint density at radius 2 is 2.19 bits per heavy atom. The Balaban J connectivity index is 1.47. The van der Waals surface area contributed by atoms with Crippen molar-refractivity contribution >= 4 is 22.8 Å². The number of benzene rings is 1. The second-order valence-corrected chi connectivity index (χ2v) is 7.54. The molecule has 27 heavy (non-hydrogen) atoms. The largest absolute Gasteiger partial charge is 0.481 e. The van der Waals surface area contributed by atoms with Gasteiger partial charge in [-0.3, -0.25) is 14.7 Å². The summed E-state index contributed by atoms with van der Waals surface area (Å²) >= 11 is 0. The van der Waals surface area contributed by atoms with E-state index in [1.165, 1.54) is 6.20 Å². The van der Waals surface area contributed by atoms with Gasteiger partial charge < -0.3 is 14.4 Å². The highest BCUT2D eigenvalue weighted by Crippen LogP contribution is 2.49. The van der Waals surface area contributed by atoms with Crippen LogP contribution in [-0.4, -0.2) is 45.2 Å². The van der Waals surface area contributed by atoms with Crippen LogP contribution in [0.1, 0.15) is 29.6 Å². The molecule has 3 heterocycles. The zero-order chi connectivity index (χ0) is 18.6. The number of hydrogen-bond acceptors (Lipinski definition) is 4. The molecule has 2 aromatic heterocycles. The molecular formula is C20H19N3O4. The summed E-state index contributed by atoms with van der Waals surface area (Å²) in [6.07, 6.45) is 3.90. The van der Waals surface area contributed by atoms with Crippen LogP contribution in [-0.2, 0) is 4.79 Å². The Labute approximate surface area is 155 Å². The third kappa shape index (κ3) is 2.31. The van der Waals surface area contributed by atoms with Crippen molar-refractivity contribution in [2.24, 2.45) is 11.3 Å². The van der Waals surface area contributed by atoms with Crippen LogP contribution in [0, 0.1) is 11.3 Å². The normalized spacial score (nSPS) is 24.4. The summed E-state index contributed by atoms with van der Waals surface area (Å²) in [4.78, 5) is 26.7. The molecular weight excluding hydrogens is 346 g/mol. The van der Waals surface area contributed by atoms with Gasteiger partial charge in [0.1, 0.15) is 11.3 Å². The zero-order valence-electron chi connectivity index (χ0n) is 14.6. The fraction of sp³-hybridized carbons (Fsp3) is 0.350. The first-order valence-electron chi connectivity index (χ1n) is 9.13. The number of H-pyrrole nitrogens is 1. The van der Waals surface area contributed by atoms with E-state index in [4.69, 9.17) is 4.42 Å². The SMILES string of the molecule is O=C(c1cn[nH]c1-c1cc2ccccc2o1)N1C[C@@H]2CCC[C@@]2(C(=O)O)C1. The van der Waals surface area contributed by atoms with E-state index in [0.29, 0.717) is 30.0 Å². The van der Waals surface area contributed by atoms with E-state index in [-0.39, 0.29) is 18.4 Å². The van der Waals surface area contributed by atoms with Gasteiger partial charge >= 0.3 is 5.97 Å². The minimum absolute atomic E-state index is 0.0282. The topological polar surface area (TPSA) is 99.4 Å². The fourth-order valence-electron chi connectivity index (χ4n) is 4.71. The molecule has 1 saturated carbocycles. The van der Waals surface area contributed by atoms with E-state index in [9.17, 15) is 14.7 Å². The number of carbonyl (C=O) groups is 2. The number of hydrogen-bond donors (Lipinski definition) is 2. The standard InChI is InChI=1S/C20H19N3O4/c24-18(23-10-13-5-3-7-20(13,11-23)19(25)26)14-9-21-22-17(14)16-8-12-4-1-2-6-15(12)27-16/h1-2,4,6,8-9,13H,3,5,7,10-11H2,(H,21,22)(H,25,26)/t13-,20+/m0/s1. The number of amides is 1. The van der Waals surface area contributed by atoms with Gasteiger partial charge in [-0.2, -0.15) is 5.10 Å². The Morgan fingerprint density at radius 1 is 1.33 bits per heavy atom. The summed E-state index contributed by atoms with van der Waals surface area (Å²) in [5.41, 5.74) is 0.882. The number of fused-ring (bicyclic) bond motifs is 2. The number of carbonyl (C=O) groups excluding carboxylic acids is 1. The summed E-state index contributed by atoms with van der Waals surface area (Å²) < 4.78 is 5.86. The maximum absolute atomic E-state index is 13.1. The zero-order valence-corrected chi connectivity index (χ0v) is 14.6. The molecule has 1 amide bonds. The Kier molecular flexibility index (Phi) is 3.40. The van der Waals surface area contributed by atoms with Crippen molar-refractivity contribution < 1.29 is 19.1 Å². The molecule has 2 atom stereocenters. The van der Waals surface area contributed by atoms with Crippen LogP contribution < -0.4 is 0 Å². The predicted molar refractivity (Wildman–Crippen MR) is 97.1 cm³/mol. The number of nitrogens with one attached hydrogen (secondary N) is 1. The summed E-state index contributed by atoms with van der Waals surface area (Å²) in [6.45, 7) is 0.743. The second-order valence-electron chi connectivity index (χ2n) is 7.54. The number of nitrogens with zero attached hydrogens (tertiary/aromatic N) is 2. The van der Waals surface area contributed by atoms with Crippen LogP contribution in [0.4, 0.5) is 0 Å². The highest BCUT2D eigenvalue weighted by molar-refractivity contribution is 6.00. The molecule has 7 nitrogen and oxygen atoms in total. The number of aromatic amines is 1. The lowest BCUT2D eigenvalue weighted by atomic mass is 9.81. The minimum Gasteiger partial charge on any atom is -0.481 e. The molecule has 1 aliphatic carbocycles. The third-order valence-electron chi connectivity index (χ3n) is 6.13. The predicted octanol–water partition coefficient (Wildman–Crippen LogP) is 3.15. The molecule has 0 bridgehead atoms. The highest BCUT2D eigenvalue weighted by atomic mass is 16.4. The first kappa shape index (κ1) is 16.1. The smallest absolute Gasteiger partial charge is 0.311 e. The molecule has 0 spiro atoms. The minimum atomic E-state index is -0.793. The molecule has 138 valence electrons. The number of rotatable bonds is 3. The maximum Gasteiger partial charge on any atom is 0.311 e. The molecule has 0 unspecified atom stereocenters. The number of furan rings is 1. The van der Waals surface area contributed by atoms with Crippen LogP contribution in [0.15, 0.2) is 40.9 Å². The van der Waals surface area contributed by atoms with Gasteiger partial charge in [0.25, 0.3) is 5.91 Å². The second kappa shape index (κ2) is 5.70. The average Bonchev–Trinajstić information content (AvgIpc) is 3.40. The van der Waals surface area contributed by atoms with Gasteiger partial charge in [0.05, 0.1) is 17.2 Å². The average molecular weight is 365 g/mol.